The van der Waals surface area contributed by atoms with Gasteiger partial charge in [-0.2, -0.15) is 0 Å². The largest absolute Gasteiger partial charge is 0.327 e. The standard InChI is InChI=1S/C11H17N3O2/c1-8(6-12)7-14-9(15)11(13-10(14)16)4-2-3-5-11/h1-7,12H2,(H,13,16). The van der Waals surface area contributed by atoms with Crippen LogP contribution >= 0.6 is 0 Å². The quantitative estimate of drug-likeness (QED) is 0.536. The van der Waals surface area contributed by atoms with Crippen LogP contribution in [0.5, 0.6) is 0 Å². The number of hydrogen-bond donors (Lipinski definition) is 2. The molecule has 0 bridgehead atoms. The molecule has 0 aromatic rings. The lowest BCUT2D eigenvalue weighted by atomic mass is 9.98. The Kier molecular flexibility index (Phi) is 2.71. The predicted molar refractivity (Wildman–Crippen MR) is 59.6 cm³/mol. The molecule has 1 aliphatic carbocycles. The minimum absolute atomic E-state index is 0.107. The van der Waals surface area contributed by atoms with Gasteiger partial charge in [-0.05, 0) is 18.4 Å². The molecule has 5 heteroatoms. The Bertz CT molecular complexity index is 345. The Hall–Kier alpha value is -1.36. The van der Waals surface area contributed by atoms with Gasteiger partial charge in [0, 0.05) is 6.54 Å². The summed E-state index contributed by atoms with van der Waals surface area (Å²) in [5.41, 5.74) is 5.49. The van der Waals surface area contributed by atoms with E-state index in [2.05, 4.69) is 11.9 Å². The molecule has 0 aromatic carbocycles. The molecule has 3 N–H and O–H groups in total. The normalized spacial score (nSPS) is 22.9. The number of imide groups is 1. The Labute approximate surface area is 94.7 Å². The number of rotatable bonds is 3. The van der Waals surface area contributed by atoms with Crippen molar-refractivity contribution in [1.29, 1.82) is 0 Å². The Morgan fingerprint density at radius 1 is 1.44 bits per heavy atom. The van der Waals surface area contributed by atoms with Gasteiger partial charge in [-0.15, -0.1) is 0 Å². The van der Waals surface area contributed by atoms with Crippen LogP contribution in [0.15, 0.2) is 12.2 Å². The average molecular weight is 223 g/mol. The molecule has 1 saturated heterocycles. The maximum absolute atomic E-state index is 12.2. The molecule has 88 valence electrons. The van der Waals surface area contributed by atoms with Crippen LogP contribution in [-0.4, -0.2) is 35.5 Å². The topological polar surface area (TPSA) is 75.4 Å². The van der Waals surface area contributed by atoms with Crippen LogP contribution in [0.2, 0.25) is 0 Å². The van der Waals surface area contributed by atoms with Crippen LogP contribution in [0, 0.1) is 0 Å². The maximum Gasteiger partial charge on any atom is 0.325 e. The average Bonchev–Trinajstić information content (AvgIpc) is 2.81. The number of nitrogens with zero attached hydrogens (tertiary/aromatic N) is 1. The van der Waals surface area contributed by atoms with Crippen LogP contribution < -0.4 is 11.1 Å². The summed E-state index contributed by atoms with van der Waals surface area (Å²) in [6.07, 6.45) is 3.50. The van der Waals surface area contributed by atoms with Crippen molar-refractivity contribution in [2.24, 2.45) is 5.73 Å². The van der Waals surface area contributed by atoms with E-state index in [1.54, 1.807) is 0 Å². The van der Waals surface area contributed by atoms with Crippen molar-refractivity contribution in [1.82, 2.24) is 10.2 Å². The van der Waals surface area contributed by atoms with E-state index in [-0.39, 0.29) is 18.5 Å². The van der Waals surface area contributed by atoms with E-state index in [9.17, 15) is 9.59 Å². The highest BCUT2D eigenvalue weighted by Gasteiger charge is 2.52. The van der Waals surface area contributed by atoms with Gasteiger partial charge in [-0.3, -0.25) is 9.69 Å². The summed E-state index contributed by atoms with van der Waals surface area (Å²) in [7, 11) is 0. The molecule has 0 unspecified atom stereocenters. The molecule has 1 aliphatic heterocycles. The van der Waals surface area contributed by atoms with E-state index < -0.39 is 5.54 Å². The highest BCUT2D eigenvalue weighted by atomic mass is 16.2. The summed E-state index contributed by atoms with van der Waals surface area (Å²) in [5.74, 6) is -0.107. The number of urea groups is 1. The Balaban J connectivity index is 2.13. The first-order valence-corrected chi connectivity index (χ1v) is 5.60. The third-order valence-electron chi connectivity index (χ3n) is 3.37. The molecule has 5 nitrogen and oxygen atoms in total. The van der Waals surface area contributed by atoms with Gasteiger partial charge in [0.1, 0.15) is 5.54 Å². The van der Waals surface area contributed by atoms with Crippen LogP contribution in [0.4, 0.5) is 4.79 Å². The second-order valence-corrected chi connectivity index (χ2v) is 4.56. The van der Waals surface area contributed by atoms with Crippen molar-refractivity contribution in [3.63, 3.8) is 0 Å². The van der Waals surface area contributed by atoms with Gasteiger partial charge in [0.05, 0.1) is 6.54 Å². The first-order valence-electron chi connectivity index (χ1n) is 5.60. The van der Waals surface area contributed by atoms with Crippen molar-refractivity contribution < 1.29 is 9.59 Å². The van der Waals surface area contributed by atoms with Gasteiger partial charge in [-0.1, -0.05) is 19.4 Å². The molecule has 2 fully saturated rings. The number of carbonyl (C=O) groups excluding carboxylic acids is 2. The van der Waals surface area contributed by atoms with Crippen LogP contribution in [0.3, 0.4) is 0 Å². The van der Waals surface area contributed by atoms with E-state index in [1.165, 1.54) is 4.90 Å². The Morgan fingerprint density at radius 3 is 2.62 bits per heavy atom. The second-order valence-electron chi connectivity index (χ2n) is 4.56. The molecular formula is C11H17N3O2. The fourth-order valence-electron chi connectivity index (χ4n) is 2.43. The fourth-order valence-corrected chi connectivity index (χ4v) is 2.43. The molecule has 2 aliphatic rings. The monoisotopic (exact) mass is 223 g/mol. The van der Waals surface area contributed by atoms with Crippen LogP contribution in [-0.2, 0) is 4.79 Å². The Morgan fingerprint density at radius 2 is 2.06 bits per heavy atom. The van der Waals surface area contributed by atoms with Crippen molar-refractivity contribution in [3.05, 3.63) is 12.2 Å². The smallest absolute Gasteiger partial charge is 0.325 e. The summed E-state index contributed by atoms with van der Waals surface area (Å²) in [6.45, 7) is 4.26. The van der Waals surface area contributed by atoms with Crippen molar-refractivity contribution >= 4 is 11.9 Å². The number of nitrogens with one attached hydrogen (secondary N) is 1. The lowest BCUT2D eigenvalue weighted by molar-refractivity contribution is -0.130. The summed E-state index contributed by atoms with van der Waals surface area (Å²) in [4.78, 5) is 25.1. The minimum Gasteiger partial charge on any atom is -0.327 e. The lowest BCUT2D eigenvalue weighted by Crippen LogP contribution is -2.44. The highest BCUT2D eigenvalue weighted by Crippen LogP contribution is 2.35. The van der Waals surface area contributed by atoms with E-state index >= 15 is 0 Å². The highest BCUT2D eigenvalue weighted by molar-refractivity contribution is 6.07. The molecule has 0 atom stereocenters. The molecule has 0 radical (unpaired) electrons. The SMILES string of the molecule is C=C(CN)CN1C(=O)NC2(CCCC2)C1=O. The van der Waals surface area contributed by atoms with E-state index in [0.29, 0.717) is 12.1 Å². The number of nitrogens with two attached hydrogens (primary N) is 1. The summed E-state index contributed by atoms with van der Waals surface area (Å²) in [6, 6.07) is -0.304. The second kappa shape index (κ2) is 3.90. The molecule has 16 heavy (non-hydrogen) atoms. The molecule has 1 spiro atoms. The van der Waals surface area contributed by atoms with Crippen LogP contribution in [0.1, 0.15) is 25.7 Å². The number of carbonyl (C=O) groups is 2. The predicted octanol–water partition coefficient (Wildman–Crippen LogP) is 0.366. The summed E-state index contributed by atoms with van der Waals surface area (Å²) < 4.78 is 0. The zero-order valence-corrected chi connectivity index (χ0v) is 9.29. The zero-order valence-electron chi connectivity index (χ0n) is 9.29. The van der Waals surface area contributed by atoms with E-state index in [4.69, 9.17) is 5.73 Å². The third-order valence-corrected chi connectivity index (χ3v) is 3.37. The molecule has 3 amide bonds. The summed E-state index contributed by atoms with van der Waals surface area (Å²) in [5, 5.41) is 2.81. The maximum atomic E-state index is 12.2. The third kappa shape index (κ3) is 1.61. The van der Waals surface area contributed by atoms with Gasteiger partial charge in [-0.25, -0.2) is 4.79 Å². The number of hydrogen-bond acceptors (Lipinski definition) is 3. The van der Waals surface area contributed by atoms with Crippen LogP contribution in [0.25, 0.3) is 0 Å². The molecule has 0 aromatic heterocycles. The first kappa shape index (κ1) is 11.1. The van der Waals surface area contributed by atoms with Gasteiger partial charge >= 0.3 is 6.03 Å². The van der Waals surface area contributed by atoms with E-state index in [0.717, 1.165) is 25.7 Å². The van der Waals surface area contributed by atoms with Crippen molar-refractivity contribution in [3.8, 4) is 0 Å². The van der Waals surface area contributed by atoms with E-state index in [1.807, 2.05) is 0 Å². The van der Waals surface area contributed by atoms with Gasteiger partial charge < -0.3 is 11.1 Å². The first-order chi connectivity index (χ1) is 7.59. The van der Waals surface area contributed by atoms with Crippen molar-refractivity contribution in [2.45, 2.75) is 31.2 Å². The van der Waals surface area contributed by atoms with Gasteiger partial charge in [0.2, 0.25) is 0 Å². The van der Waals surface area contributed by atoms with Gasteiger partial charge in [0.25, 0.3) is 5.91 Å². The minimum atomic E-state index is -0.619. The number of amides is 3. The van der Waals surface area contributed by atoms with Crippen molar-refractivity contribution in [2.75, 3.05) is 13.1 Å². The summed E-state index contributed by atoms with van der Waals surface area (Å²) >= 11 is 0. The zero-order chi connectivity index (χ0) is 11.8. The fraction of sp³-hybridized carbons (Fsp3) is 0.636. The molecule has 1 saturated carbocycles. The molecular weight excluding hydrogens is 206 g/mol. The lowest BCUT2D eigenvalue weighted by Gasteiger charge is -2.20. The molecule has 1 heterocycles. The van der Waals surface area contributed by atoms with Gasteiger partial charge in [0.15, 0.2) is 0 Å². The molecule has 2 rings (SSSR count).